The molecule has 0 aliphatic carbocycles. The van der Waals surface area contributed by atoms with E-state index in [1.165, 1.54) is 18.7 Å². The largest absolute Gasteiger partial charge is 0.370 e. The zero-order valence-electron chi connectivity index (χ0n) is 12.1. The number of guanidine groups is 1. The van der Waals surface area contributed by atoms with Crippen molar-refractivity contribution in [2.24, 2.45) is 10.7 Å². The number of fused-ring (bicyclic) bond motifs is 1. The van der Waals surface area contributed by atoms with E-state index < -0.39 is 0 Å². The molecular formula is C14H24IN5. The molecule has 0 fully saturated rings. The van der Waals surface area contributed by atoms with Crippen LogP contribution in [0.3, 0.4) is 0 Å². The fourth-order valence-electron chi connectivity index (χ4n) is 2.19. The Balaban J connectivity index is 0.00000200. The number of nitrogens with one attached hydrogen (secondary N) is 1. The fraction of sp³-hybridized carbons (Fsp3) is 0.571. The van der Waals surface area contributed by atoms with Gasteiger partial charge in [-0.25, -0.2) is 9.98 Å². The molecular weight excluding hydrogens is 365 g/mol. The third kappa shape index (κ3) is 5.15. The molecule has 1 aromatic heterocycles. The minimum Gasteiger partial charge on any atom is -0.370 e. The van der Waals surface area contributed by atoms with E-state index in [-0.39, 0.29) is 24.0 Å². The van der Waals surface area contributed by atoms with Gasteiger partial charge in [-0.15, -0.1) is 24.0 Å². The molecule has 1 aliphatic rings. The number of aliphatic imine (C=N–C) groups is 1. The molecule has 0 saturated carbocycles. The van der Waals surface area contributed by atoms with E-state index in [1.54, 1.807) is 0 Å². The maximum Gasteiger partial charge on any atom is 0.188 e. The monoisotopic (exact) mass is 389 g/mol. The molecule has 6 heteroatoms. The van der Waals surface area contributed by atoms with Crippen LogP contribution < -0.4 is 11.1 Å². The average molecular weight is 389 g/mol. The first kappa shape index (κ1) is 17.0. The molecule has 0 saturated heterocycles. The highest BCUT2D eigenvalue weighted by Gasteiger charge is 2.11. The first-order valence-electron chi connectivity index (χ1n) is 6.88. The van der Waals surface area contributed by atoms with Gasteiger partial charge in [0.25, 0.3) is 0 Å². The number of aromatic nitrogens is 2. The van der Waals surface area contributed by atoms with Crippen molar-refractivity contribution >= 4 is 29.9 Å². The van der Waals surface area contributed by atoms with Crippen LogP contribution in [-0.2, 0) is 19.4 Å². The van der Waals surface area contributed by atoms with Gasteiger partial charge >= 0.3 is 0 Å². The Morgan fingerprint density at radius 1 is 1.55 bits per heavy atom. The lowest BCUT2D eigenvalue weighted by Gasteiger charge is -2.11. The topological polar surface area (TPSA) is 68.2 Å². The predicted octanol–water partition coefficient (Wildman–Crippen LogP) is 1.86. The molecule has 20 heavy (non-hydrogen) atoms. The van der Waals surface area contributed by atoms with Gasteiger partial charge < -0.3 is 15.6 Å². The molecule has 0 aromatic carbocycles. The Morgan fingerprint density at radius 3 is 3.05 bits per heavy atom. The van der Waals surface area contributed by atoms with E-state index >= 15 is 0 Å². The minimum atomic E-state index is 0. The van der Waals surface area contributed by atoms with Gasteiger partial charge in [-0.2, -0.15) is 0 Å². The van der Waals surface area contributed by atoms with Crippen molar-refractivity contribution in [2.75, 3.05) is 13.1 Å². The predicted molar refractivity (Wildman–Crippen MR) is 93.6 cm³/mol. The van der Waals surface area contributed by atoms with E-state index in [0.717, 1.165) is 37.2 Å². The number of imidazole rings is 1. The summed E-state index contributed by atoms with van der Waals surface area (Å²) in [5, 5.41) is 3.10. The number of aryl methyl sites for hydroxylation is 2. The average Bonchev–Trinajstić information content (AvgIpc) is 2.79. The second kappa shape index (κ2) is 8.28. The van der Waals surface area contributed by atoms with Crippen LogP contribution in [0.5, 0.6) is 0 Å². The molecule has 0 radical (unpaired) electrons. The summed E-state index contributed by atoms with van der Waals surface area (Å²) in [6.07, 6.45) is 6.67. The van der Waals surface area contributed by atoms with Crippen LogP contribution in [0.4, 0.5) is 0 Å². The molecule has 1 aromatic rings. The van der Waals surface area contributed by atoms with Gasteiger partial charge in [-0.3, -0.25) is 0 Å². The maximum atomic E-state index is 5.76. The standard InChI is InChI=1S/C14H23N5.HI/c1-11(2)9-17-14(15)16-7-6-12-10-19-8-4-3-5-13(19)18-12;/h10H,1,3-9H2,2H3,(H3,15,16,17);1H. The summed E-state index contributed by atoms with van der Waals surface area (Å²) in [6, 6.07) is 0. The number of hydrogen-bond acceptors (Lipinski definition) is 2. The highest BCUT2D eigenvalue weighted by Crippen LogP contribution is 2.14. The fourth-order valence-corrected chi connectivity index (χ4v) is 2.19. The highest BCUT2D eigenvalue weighted by molar-refractivity contribution is 14.0. The van der Waals surface area contributed by atoms with Gasteiger partial charge in [0.15, 0.2) is 5.96 Å². The number of rotatable bonds is 5. The number of nitrogens with zero attached hydrogens (tertiary/aromatic N) is 3. The second-order valence-corrected chi connectivity index (χ2v) is 5.13. The lowest BCUT2D eigenvalue weighted by atomic mass is 10.2. The van der Waals surface area contributed by atoms with Crippen LogP contribution in [0, 0.1) is 0 Å². The molecule has 0 amide bonds. The Bertz CT molecular complexity index is 454. The smallest absolute Gasteiger partial charge is 0.188 e. The summed E-state index contributed by atoms with van der Waals surface area (Å²) in [5.41, 5.74) is 7.90. The summed E-state index contributed by atoms with van der Waals surface area (Å²) in [4.78, 5) is 8.83. The summed E-state index contributed by atoms with van der Waals surface area (Å²) in [6.45, 7) is 8.18. The van der Waals surface area contributed by atoms with Crippen molar-refractivity contribution in [2.45, 2.75) is 39.2 Å². The van der Waals surface area contributed by atoms with Crippen molar-refractivity contribution in [1.29, 1.82) is 0 Å². The Labute approximate surface area is 137 Å². The summed E-state index contributed by atoms with van der Waals surface area (Å²) in [5.74, 6) is 1.71. The van der Waals surface area contributed by atoms with Crippen molar-refractivity contribution in [3.8, 4) is 0 Å². The first-order chi connectivity index (χ1) is 9.15. The summed E-state index contributed by atoms with van der Waals surface area (Å²) in [7, 11) is 0. The summed E-state index contributed by atoms with van der Waals surface area (Å²) < 4.78 is 2.28. The van der Waals surface area contributed by atoms with Gasteiger partial charge in [0, 0.05) is 32.1 Å². The molecule has 0 unspecified atom stereocenters. The van der Waals surface area contributed by atoms with Crippen LogP contribution in [0.15, 0.2) is 23.3 Å². The zero-order valence-corrected chi connectivity index (χ0v) is 14.4. The van der Waals surface area contributed by atoms with Gasteiger partial charge in [-0.05, 0) is 19.8 Å². The lowest BCUT2D eigenvalue weighted by molar-refractivity contribution is 0.522. The Morgan fingerprint density at radius 2 is 2.35 bits per heavy atom. The van der Waals surface area contributed by atoms with Crippen molar-refractivity contribution in [3.05, 3.63) is 29.9 Å². The third-order valence-electron chi connectivity index (χ3n) is 3.17. The van der Waals surface area contributed by atoms with E-state index in [1.807, 2.05) is 6.92 Å². The van der Waals surface area contributed by atoms with Crippen LogP contribution in [0.1, 0.15) is 31.3 Å². The maximum absolute atomic E-state index is 5.76. The first-order valence-corrected chi connectivity index (χ1v) is 6.88. The zero-order chi connectivity index (χ0) is 13.7. The van der Waals surface area contributed by atoms with Crippen molar-refractivity contribution in [3.63, 3.8) is 0 Å². The normalized spacial score (nSPS) is 14.3. The number of hydrogen-bond donors (Lipinski definition) is 2. The van der Waals surface area contributed by atoms with E-state index in [4.69, 9.17) is 5.73 Å². The molecule has 0 spiro atoms. The quantitative estimate of drug-likeness (QED) is 0.350. The van der Waals surface area contributed by atoms with E-state index in [2.05, 4.69) is 32.6 Å². The number of halogens is 1. The molecule has 112 valence electrons. The van der Waals surface area contributed by atoms with Gasteiger partial charge in [-0.1, -0.05) is 12.2 Å². The lowest BCUT2D eigenvalue weighted by Crippen LogP contribution is -2.33. The van der Waals surface area contributed by atoms with Gasteiger partial charge in [0.1, 0.15) is 5.82 Å². The van der Waals surface area contributed by atoms with E-state index in [0.29, 0.717) is 12.5 Å². The number of nitrogens with two attached hydrogens (primary N) is 1. The van der Waals surface area contributed by atoms with E-state index in [9.17, 15) is 0 Å². The van der Waals surface area contributed by atoms with Crippen LogP contribution in [0.25, 0.3) is 0 Å². The molecule has 5 nitrogen and oxygen atoms in total. The van der Waals surface area contributed by atoms with Crippen molar-refractivity contribution < 1.29 is 0 Å². The van der Waals surface area contributed by atoms with Crippen LogP contribution in [-0.4, -0.2) is 28.6 Å². The van der Waals surface area contributed by atoms with Crippen molar-refractivity contribution in [1.82, 2.24) is 14.9 Å². The molecule has 0 bridgehead atoms. The minimum absolute atomic E-state index is 0. The van der Waals surface area contributed by atoms with Gasteiger partial charge in [0.05, 0.1) is 12.2 Å². The molecule has 2 rings (SSSR count). The molecule has 1 aliphatic heterocycles. The second-order valence-electron chi connectivity index (χ2n) is 5.13. The SMILES string of the molecule is C=C(C)CN=C(N)NCCc1cn2c(n1)CCCC2.I. The Hall–Kier alpha value is -1.05. The third-order valence-corrected chi connectivity index (χ3v) is 3.17. The highest BCUT2D eigenvalue weighted by atomic mass is 127. The Kier molecular flexibility index (Phi) is 7.04. The van der Waals surface area contributed by atoms with Crippen LogP contribution >= 0.6 is 24.0 Å². The van der Waals surface area contributed by atoms with Gasteiger partial charge in [0.2, 0.25) is 0 Å². The summed E-state index contributed by atoms with van der Waals surface area (Å²) >= 11 is 0. The molecule has 0 atom stereocenters. The molecule has 3 N–H and O–H groups in total. The van der Waals surface area contributed by atoms with Crippen LogP contribution in [0.2, 0.25) is 0 Å². The molecule has 2 heterocycles.